The molecular formula is C15H15BrF2N2O3. The lowest BCUT2D eigenvalue weighted by Crippen LogP contribution is -2.54. The minimum Gasteiger partial charge on any atom is -0.461 e. The number of alkyl halides is 2. The van der Waals surface area contributed by atoms with E-state index in [9.17, 15) is 18.7 Å². The first-order valence-electron chi connectivity index (χ1n) is 7.16. The van der Waals surface area contributed by atoms with E-state index in [1.54, 1.807) is 25.1 Å². The van der Waals surface area contributed by atoms with Gasteiger partial charge in [0.1, 0.15) is 0 Å². The second-order valence-electron chi connectivity index (χ2n) is 5.82. The van der Waals surface area contributed by atoms with Crippen molar-refractivity contribution >= 4 is 32.8 Å². The zero-order chi connectivity index (χ0) is 16.8. The van der Waals surface area contributed by atoms with Gasteiger partial charge in [0.2, 0.25) is 0 Å². The van der Waals surface area contributed by atoms with E-state index in [1.807, 2.05) is 0 Å². The van der Waals surface area contributed by atoms with Gasteiger partial charge < -0.3 is 9.84 Å². The molecule has 1 aliphatic carbocycles. The van der Waals surface area contributed by atoms with Gasteiger partial charge in [-0.3, -0.25) is 4.68 Å². The first-order chi connectivity index (χ1) is 10.7. The number of esters is 1. The van der Waals surface area contributed by atoms with Gasteiger partial charge in [0.25, 0.3) is 5.92 Å². The van der Waals surface area contributed by atoms with Crippen molar-refractivity contribution in [2.24, 2.45) is 0 Å². The summed E-state index contributed by atoms with van der Waals surface area (Å²) < 4.78 is 33.3. The molecule has 0 spiro atoms. The summed E-state index contributed by atoms with van der Waals surface area (Å²) >= 11 is 3.33. The monoisotopic (exact) mass is 388 g/mol. The lowest BCUT2D eigenvalue weighted by atomic mass is 9.76. The lowest BCUT2D eigenvalue weighted by molar-refractivity contribution is -0.210. The third-order valence-corrected chi connectivity index (χ3v) is 4.30. The van der Waals surface area contributed by atoms with Gasteiger partial charge in [0, 0.05) is 22.7 Å². The van der Waals surface area contributed by atoms with Gasteiger partial charge in [-0.2, -0.15) is 5.10 Å². The molecule has 0 amide bonds. The molecule has 23 heavy (non-hydrogen) atoms. The van der Waals surface area contributed by atoms with Crippen molar-refractivity contribution in [2.75, 3.05) is 6.61 Å². The highest BCUT2D eigenvalue weighted by Gasteiger charge is 2.56. The number of carbonyl (C=O) groups excluding carboxylic acids is 1. The summed E-state index contributed by atoms with van der Waals surface area (Å²) in [4.78, 5) is 12.0. The first-order valence-corrected chi connectivity index (χ1v) is 7.96. The third kappa shape index (κ3) is 3.10. The van der Waals surface area contributed by atoms with Crippen LogP contribution >= 0.6 is 15.9 Å². The van der Waals surface area contributed by atoms with Gasteiger partial charge >= 0.3 is 5.97 Å². The van der Waals surface area contributed by atoms with Crippen LogP contribution in [-0.4, -0.2) is 39.0 Å². The Labute approximate surface area is 139 Å². The molecule has 1 aromatic heterocycles. The van der Waals surface area contributed by atoms with E-state index in [0.29, 0.717) is 10.9 Å². The molecule has 124 valence electrons. The van der Waals surface area contributed by atoms with Crippen molar-refractivity contribution in [3.05, 3.63) is 28.4 Å². The standard InChI is InChI=1S/C15H15BrF2N2O3/c1-2-23-13(21)12-10-4-3-9(16)5-11(10)20(19-12)8-14(22)6-15(17,18)7-14/h3-5,22H,2,6-8H2,1H3. The average Bonchev–Trinajstić information content (AvgIpc) is 2.74. The van der Waals surface area contributed by atoms with Crippen LogP contribution in [-0.2, 0) is 11.3 Å². The van der Waals surface area contributed by atoms with E-state index >= 15 is 0 Å². The fourth-order valence-corrected chi connectivity index (χ4v) is 3.27. The number of fused-ring (bicyclic) bond motifs is 1. The predicted molar refractivity (Wildman–Crippen MR) is 82.5 cm³/mol. The van der Waals surface area contributed by atoms with Crippen molar-refractivity contribution in [2.45, 2.75) is 37.8 Å². The van der Waals surface area contributed by atoms with Crippen LogP contribution in [0.4, 0.5) is 8.78 Å². The van der Waals surface area contributed by atoms with Crippen molar-refractivity contribution in [1.82, 2.24) is 9.78 Å². The topological polar surface area (TPSA) is 64.3 Å². The van der Waals surface area contributed by atoms with Crippen LogP contribution in [0.15, 0.2) is 22.7 Å². The molecule has 1 saturated carbocycles. The average molecular weight is 389 g/mol. The Bertz CT molecular complexity index is 767. The molecule has 2 aromatic rings. The van der Waals surface area contributed by atoms with E-state index in [4.69, 9.17) is 4.74 Å². The summed E-state index contributed by atoms with van der Waals surface area (Å²) in [5.41, 5.74) is -0.827. The molecule has 0 radical (unpaired) electrons. The summed E-state index contributed by atoms with van der Waals surface area (Å²) in [6.45, 7) is 1.79. The third-order valence-electron chi connectivity index (χ3n) is 3.80. The van der Waals surface area contributed by atoms with Gasteiger partial charge in [0.05, 0.1) is 24.3 Å². The van der Waals surface area contributed by atoms with Crippen LogP contribution in [0.25, 0.3) is 10.9 Å². The number of aromatic nitrogens is 2. The minimum absolute atomic E-state index is 0.102. The number of hydrogen-bond donors (Lipinski definition) is 1. The molecule has 1 aliphatic rings. The molecule has 0 saturated heterocycles. The largest absolute Gasteiger partial charge is 0.461 e. The normalized spacial score (nSPS) is 18.7. The fourth-order valence-electron chi connectivity index (χ4n) is 2.92. The number of aliphatic hydroxyl groups is 1. The molecule has 1 fully saturated rings. The van der Waals surface area contributed by atoms with E-state index in [0.717, 1.165) is 4.47 Å². The van der Waals surface area contributed by atoms with Gasteiger partial charge in [-0.1, -0.05) is 15.9 Å². The molecule has 1 N–H and O–H groups in total. The molecule has 0 bridgehead atoms. The first kappa shape index (κ1) is 16.3. The molecule has 1 aromatic carbocycles. The van der Waals surface area contributed by atoms with Gasteiger partial charge in [-0.25, -0.2) is 13.6 Å². The smallest absolute Gasteiger partial charge is 0.359 e. The second kappa shape index (κ2) is 5.52. The van der Waals surface area contributed by atoms with Crippen LogP contribution in [0.2, 0.25) is 0 Å². The molecular weight excluding hydrogens is 374 g/mol. The van der Waals surface area contributed by atoms with Gasteiger partial charge in [0.15, 0.2) is 5.69 Å². The van der Waals surface area contributed by atoms with Gasteiger partial charge in [-0.15, -0.1) is 0 Å². The van der Waals surface area contributed by atoms with Crippen LogP contribution in [0.3, 0.4) is 0 Å². The van der Waals surface area contributed by atoms with E-state index in [1.165, 1.54) is 4.68 Å². The summed E-state index contributed by atoms with van der Waals surface area (Å²) in [5, 5.41) is 14.9. The summed E-state index contributed by atoms with van der Waals surface area (Å²) in [5.74, 6) is -3.42. The highest BCUT2D eigenvalue weighted by molar-refractivity contribution is 9.10. The molecule has 8 heteroatoms. The van der Waals surface area contributed by atoms with Crippen molar-refractivity contribution in [3.8, 4) is 0 Å². The highest BCUT2D eigenvalue weighted by Crippen LogP contribution is 2.46. The van der Waals surface area contributed by atoms with Crippen molar-refractivity contribution in [3.63, 3.8) is 0 Å². The zero-order valence-corrected chi connectivity index (χ0v) is 13.9. The molecule has 3 rings (SSSR count). The van der Waals surface area contributed by atoms with Crippen molar-refractivity contribution in [1.29, 1.82) is 0 Å². The number of hydrogen-bond acceptors (Lipinski definition) is 4. The maximum absolute atomic E-state index is 13.1. The highest BCUT2D eigenvalue weighted by atomic mass is 79.9. The van der Waals surface area contributed by atoms with Crippen LogP contribution < -0.4 is 0 Å². The molecule has 0 atom stereocenters. The van der Waals surface area contributed by atoms with Crippen LogP contribution in [0.5, 0.6) is 0 Å². The molecule has 1 heterocycles. The Kier molecular flexibility index (Phi) is 3.92. The Balaban J connectivity index is 2.00. The number of benzene rings is 1. The Hall–Kier alpha value is -1.54. The number of nitrogens with zero attached hydrogens (tertiary/aromatic N) is 2. The maximum atomic E-state index is 13.1. The Morgan fingerprint density at radius 1 is 1.48 bits per heavy atom. The number of carbonyl (C=O) groups is 1. The summed E-state index contributed by atoms with van der Waals surface area (Å²) in [7, 11) is 0. The molecule has 0 aliphatic heterocycles. The summed E-state index contributed by atoms with van der Waals surface area (Å²) in [6.07, 6.45) is -1.21. The quantitative estimate of drug-likeness (QED) is 0.817. The summed E-state index contributed by atoms with van der Waals surface area (Å²) in [6, 6.07) is 5.18. The maximum Gasteiger partial charge on any atom is 0.359 e. The molecule has 5 nitrogen and oxygen atoms in total. The van der Waals surface area contributed by atoms with Crippen LogP contribution in [0.1, 0.15) is 30.3 Å². The predicted octanol–water partition coefficient (Wildman–Crippen LogP) is 3.14. The van der Waals surface area contributed by atoms with E-state index < -0.39 is 30.3 Å². The van der Waals surface area contributed by atoms with E-state index in [-0.39, 0.29) is 18.8 Å². The van der Waals surface area contributed by atoms with E-state index in [2.05, 4.69) is 21.0 Å². The Morgan fingerprint density at radius 3 is 2.78 bits per heavy atom. The SMILES string of the molecule is CCOC(=O)c1nn(CC2(O)CC(F)(F)C2)c2cc(Br)ccc12. The Morgan fingerprint density at radius 2 is 2.17 bits per heavy atom. The number of rotatable bonds is 4. The number of ether oxygens (including phenoxy) is 1. The lowest BCUT2D eigenvalue weighted by Gasteiger charge is -2.43. The minimum atomic E-state index is -2.84. The molecule has 0 unspecified atom stereocenters. The van der Waals surface area contributed by atoms with Crippen LogP contribution in [0, 0.1) is 0 Å². The zero-order valence-electron chi connectivity index (χ0n) is 12.4. The van der Waals surface area contributed by atoms with Gasteiger partial charge in [-0.05, 0) is 25.1 Å². The van der Waals surface area contributed by atoms with Crippen molar-refractivity contribution < 1.29 is 23.4 Å². The number of halogens is 3. The fraction of sp³-hybridized carbons (Fsp3) is 0.467. The second-order valence-corrected chi connectivity index (χ2v) is 6.74.